The normalized spacial score (nSPS) is 11.4. The van der Waals surface area contributed by atoms with Crippen molar-refractivity contribution in [2.24, 2.45) is 10.2 Å². The van der Waals surface area contributed by atoms with Crippen molar-refractivity contribution in [3.63, 3.8) is 0 Å². The van der Waals surface area contributed by atoms with Gasteiger partial charge in [0.05, 0.1) is 24.2 Å². The molecular formula is C25H18Cl2N3NaO6S. The molecule has 4 rings (SSSR count). The van der Waals surface area contributed by atoms with E-state index < -0.39 is 26.7 Å². The number of anilines is 1. The summed E-state index contributed by atoms with van der Waals surface area (Å²) in [5, 5.41) is 25.4. The van der Waals surface area contributed by atoms with E-state index in [-0.39, 0.29) is 62.8 Å². The summed E-state index contributed by atoms with van der Waals surface area (Å²) in [4.78, 5) is 12.7. The van der Waals surface area contributed by atoms with E-state index in [1.54, 1.807) is 36.4 Å². The summed E-state index contributed by atoms with van der Waals surface area (Å²) in [5.41, 5.74) is 0.0165. The molecule has 9 nitrogen and oxygen atoms in total. The van der Waals surface area contributed by atoms with E-state index in [0.29, 0.717) is 21.5 Å². The van der Waals surface area contributed by atoms with E-state index >= 15 is 0 Å². The maximum absolute atomic E-state index is 13.4. The quantitative estimate of drug-likeness (QED) is 0.203. The van der Waals surface area contributed by atoms with E-state index in [2.05, 4.69) is 15.5 Å². The molecule has 13 heteroatoms. The molecule has 2 N–H and O–H groups in total. The monoisotopic (exact) mass is 581 g/mol. The standard InChI is InChI=1S/C25H19Cl2N3O6S.Na/c1-13-19(27)11-16(12-22(13)37(33,34)35)29-30-23-17-6-4-3-5-14(17)9-18(24(23)31)25(32)28-20-10-15(26)7-8-21(20)36-2;/h3-12,31H,1-2H3,(H,28,32)(H,33,34,35);/q;+1/p-1. The fourth-order valence-corrected chi connectivity index (χ4v) is 4.83. The summed E-state index contributed by atoms with van der Waals surface area (Å²) in [7, 11) is -3.15. The van der Waals surface area contributed by atoms with E-state index in [1.165, 1.54) is 32.2 Å². The number of halogens is 2. The smallest absolute Gasteiger partial charge is 0.870 e. The Morgan fingerprint density at radius 3 is 2.45 bits per heavy atom. The molecule has 0 spiro atoms. The molecule has 0 aliphatic heterocycles. The van der Waals surface area contributed by atoms with Crippen LogP contribution in [0, 0.1) is 6.92 Å². The van der Waals surface area contributed by atoms with Crippen molar-refractivity contribution in [2.45, 2.75) is 11.8 Å². The first kappa shape index (κ1) is 29.9. The van der Waals surface area contributed by atoms with Gasteiger partial charge in [0.1, 0.15) is 10.6 Å². The van der Waals surface area contributed by atoms with Crippen molar-refractivity contribution >= 4 is 67.1 Å². The maximum Gasteiger partial charge on any atom is 1.00 e. The number of rotatable bonds is 6. The number of fused-ring (bicyclic) bond motifs is 1. The van der Waals surface area contributed by atoms with Crippen LogP contribution >= 0.6 is 23.2 Å². The Morgan fingerprint density at radius 2 is 1.76 bits per heavy atom. The number of azo groups is 1. The number of nitrogens with one attached hydrogen (secondary N) is 1. The van der Waals surface area contributed by atoms with Crippen LogP contribution in [0.25, 0.3) is 10.8 Å². The fourth-order valence-electron chi connectivity index (χ4n) is 3.62. The summed E-state index contributed by atoms with van der Waals surface area (Å²) in [6.07, 6.45) is 0. The number of methoxy groups -OCH3 is 1. The number of ether oxygens (including phenoxy) is 1. The Morgan fingerprint density at radius 1 is 1.05 bits per heavy atom. The van der Waals surface area contributed by atoms with Crippen LogP contribution in [0.5, 0.6) is 11.5 Å². The maximum atomic E-state index is 13.4. The van der Waals surface area contributed by atoms with Gasteiger partial charge in [-0.15, -0.1) is 0 Å². The molecule has 4 aromatic carbocycles. The van der Waals surface area contributed by atoms with Crippen molar-refractivity contribution in [3.8, 4) is 11.5 Å². The Bertz CT molecular complexity index is 1700. The van der Waals surface area contributed by atoms with Gasteiger partial charge in [0.2, 0.25) is 0 Å². The van der Waals surface area contributed by atoms with Crippen LogP contribution in [0.4, 0.5) is 17.1 Å². The summed E-state index contributed by atoms with van der Waals surface area (Å²) < 4.78 is 38.2. The molecule has 190 valence electrons. The molecule has 4 aromatic rings. The van der Waals surface area contributed by atoms with Crippen molar-refractivity contribution in [1.82, 2.24) is 0 Å². The second kappa shape index (κ2) is 12.0. The van der Waals surface area contributed by atoms with Gasteiger partial charge in [-0.25, -0.2) is 0 Å². The number of benzene rings is 4. The number of amides is 1. The van der Waals surface area contributed by atoms with Crippen LogP contribution in [0.2, 0.25) is 10.0 Å². The molecule has 0 radical (unpaired) electrons. The topological polar surface area (TPSA) is 140 Å². The minimum Gasteiger partial charge on any atom is -0.870 e. The van der Waals surface area contributed by atoms with Gasteiger partial charge in [0.15, 0.2) is 0 Å². The minimum atomic E-state index is -4.58. The van der Waals surface area contributed by atoms with Crippen LogP contribution in [-0.2, 0) is 10.1 Å². The molecule has 0 bridgehead atoms. The van der Waals surface area contributed by atoms with Crippen LogP contribution in [-0.4, -0.2) is 26.0 Å². The predicted molar refractivity (Wildman–Crippen MR) is 140 cm³/mol. The van der Waals surface area contributed by atoms with Gasteiger partial charge in [0.25, 0.3) is 16.0 Å². The molecule has 0 aliphatic rings. The minimum absolute atomic E-state index is 0. The van der Waals surface area contributed by atoms with Gasteiger partial charge in [-0.05, 0) is 54.3 Å². The van der Waals surface area contributed by atoms with Crippen LogP contribution < -0.4 is 44.7 Å². The molecule has 0 saturated heterocycles. The molecule has 0 saturated carbocycles. The first-order valence-corrected chi connectivity index (χ1v) is 12.8. The summed E-state index contributed by atoms with van der Waals surface area (Å²) >= 11 is 12.1. The van der Waals surface area contributed by atoms with Crippen LogP contribution in [0.15, 0.2) is 75.8 Å². The first-order valence-electron chi connectivity index (χ1n) is 10.6. The molecule has 1 amide bonds. The molecule has 0 atom stereocenters. The molecule has 0 fully saturated rings. The number of hydrogen-bond acceptors (Lipinski definition) is 7. The van der Waals surface area contributed by atoms with Crippen LogP contribution in [0.1, 0.15) is 15.9 Å². The molecule has 38 heavy (non-hydrogen) atoms. The molecular weight excluding hydrogens is 564 g/mol. The van der Waals surface area contributed by atoms with Crippen molar-refractivity contribution in [3.05, 3.63) is 81.8 Å². The Hall–Kier alpha value is -2.70. The Labute approximate surface area is 250 Å². The summed E-state index contributed by atoms with van der Waals surface area (Å²) in [5.74, 6) is -1.09. The second-order valence-electron chi connectivity index (χ2n) is 7.85. The summed E-state index contributed by atoms with van der Waals surface area (Å²) in [6.45, 7) is 1.42. The zero-order valence-corrected chi connectivity index (χ0v) is 24.6. The zero-order chi connectivity index (χ0) is 26.9. The second-order valence-corrected chi connectivity index (χ2v) is 10.1. The van der Waals surface area contributed by atoms with Crippen molar-refractivity contribution < 1.29 is 57.2 Å². The van der Waals surface area contributed by atoms with Crippen molar-refractivity contribution in [2.75, 3.05) is 12.4 Å². The Balaban J connectivity index is 0.00000400. The van der Waals surface area contributed by atoms with Gasteiger partial charge in [-0.3, -0.25) is 9.35 Å². The molecule has 0 aliphatic carbocycles. The third-order valence-corrected chi connectivity index (χ3v) is 7.06. The average molecular weight is 582 g/mol. The molecule has 0 aromatic heterocycles. The van der Waals surface area contributed by atoms with Gasteiger partial charge >= 0.3 is 29.6 Å². The number of carbonyl (C=O) groups excluding carboxylic acids is 1. The molecule has 0 unspecified atom stereocenters. The average Bonchev–Trinajstić information content (AvgIpc) is 2.84. The third kappa shape index (κ3) is 6.29. The van der Waals surface area contributed by atoms with E-state index in [4.69, 9.17) is 27.9 Å². The molecule has 0 heterocycles. The predicted octanol–water partition coefficient (Wildman–Crippen LogP) is 3.46. The third-order valence-electron chi connectivity index (χ3n) is 5.45. The first-order chi connectivity index (χ1) is 17.5. The SMILES string of the molecule is COc1ccc(Cl)cc1NC(=O)c1cc2ccccc2c(N=Nc2cc(Cl)c(C)c(S(=O)(=O)O)c2)c1[O-].[Na+]. The van der Waals surface area contributed by atoms with Gasteiger partial charge in [-0.2, -0.15) is 18.6 Å². The number of nitrogens with zero attached hydrogens (tertiary/aromatic N) is 2. The largest absolute Gasteiger partial charge is 1.00 e. The van der Waals surface area contributed by atoms with Crippen molar-refractivity contribution in [1.29, 1.82) is 0 Å². The fraction of sp³-hybridized carbons (Fsp3) is 0.0800. The van der Waals surface area contributed by atoms with Gasteiger partial charge in [0, 0.05) is 21.0 Å². The van der Waals surface area contributed by atoms with Gasteiger partial charge < -0.3 is 15.2 Å². The van der Waals surface area contributed by atoms with E-state index in [1.807, 2.05) is 0 Å². The van der Waals surface area contributed by atoms with E-state index in [9.17, 15) is 22.9 Å². The van der Waals surface area contributed by atoms with Crippen LogP contribution in [0.3, 0.4) is 0 Å². The Kier molecular flexibility index (Phi) is 9.43. The number of hydrogen-bond donors (Lipinski definition) is 2. The summed E-state index contributed by atoms with van der Waals surface area (Å²) in [6, 6.07) is 15.3. The number of carbonyl (C=O) groups is 1. The van der Waals surface area contributed by atoms with E-state index in [0.717, 1.165) is 6.07 Å². The van der Waals surface area contributed by atoms with Gasteiger partial charge in [-0.1, -0.05) is 53.2 Å². The zero-order valence-electron chi connectivity index (χ0n) is 20.3.